The van der Waals surface area contributed by atoms with Crippen LogP contribution in [0, 0.1) is 0 Å². The highest BCUT2D eigenvalue weighted by molar-refractivity contribution is 6.42. The third kappa shape index (κ3) is 2.66. The van der Waals surface area contributed by atoms with Crippen molar-refractivity contribution in [2.45, 2.75) is 30.3 Å². The van der Waals surface area contributed by atoms with E-state index in [4.69, 9.17) is 0 Å². The van der Waals surface area contributed by atoms with Gasteiger partial charge >= 0.3 is 0 Å². The minimum Gasteiger partial charge on any atom is -0.303 e. The molecular formula is C20H23NSi. The summed E-state index contributed by atoms with van der Waals surface area (Å²) in [5.41, 5.74) is 4.77. The van der Waals surface area contributed by atoms with E-state index in [0.717, 1.165) is 9.52 Å². The maximum atomic E-state index is 2.67. The number of benzene rings is 2. The Labute approximate surface area is 136 Å². The molecule has 1 fully saturated rings. The number of piperidine rings is 1. The zero-order chi connectivity index (χ0) is 14.8. The number of hydrogen-bond donors (Lipinski definition) is 0. The van der Waals surface area contributed by atoms with Crippen LogP contribution < -0.4 is 0 Å². The molecule has 112 valence electrons. The van der Waals surface area contributed by atoms with Crippen LogP contribution in [-0.2, 0) is 17.5 Å². The van der Waals surface area contributed by atoms with Gasteiger partial charge in [0.15, 0.2) is 0 Å². The molecule has 0 bridgehead atoms. The molecule has 1 saturated heterocycles. The number of likely N-dealkylation sites (tertiary alicyclic amines) is 1. The monoisotopic (exact) mass is 305 g/mol. The molecular weight excluding hydrogens is 282 g/mol. The van der Waals surface area contributed by atoms with Gasteiger partial charge in [0.05, 0.1) is 9.52 Å². The van der Waals surface area contributed by atoms with Gasteiger partial charge in [-0.05, 0) is 60.1 Å². The van der Waals surface area contributed by atoms with Gasteiger partial charge in [0, 0.05) is 6.54 Å². The molecule has 0 aromatic heterocycles. The quantitative estimate of drug-likeness (QED) is 0.785. The largest absolute Gasteiger partial charge is 0.303 e. The maximum absolute atomic E-state index is 2.67. The first kappa shape index (κ1) is 14.2. The van der Waals surface area contributed by atoms with Crippen LogP contribution in [0.3, 0.4) is 0 Å². The molecule has 1 nitrogen and oxygen atoms in total. The summed E-state index contributed by atoms with van der Waals surface area (Å²) in [5, 5.41) is 0.528. The Morgan fingerprint density at radius 2 is 1.64 bits per heavy atom. The van der Waals surface area contributed by atoms with Crippen LogP contribution in [0.25, 0.3) is 0 Å². The minimum absolute atomic E-state index is 0.528. The highest BCUT2D eigenvalue weighted by Crippen LogP contribution is 2.41. The smallest absolute Gasteiger partial charge is 0.0566 e. The van der Waals surface area contributed by atoms with E-state index in [0.29, 0.717) is 5.04 Å². The lowest BCUT2D eigenvalue weighted by Gasteiger charge is -2.40. The second-order valence-electron chi connectivity index (χ2n) is 6.67. The van der Waals surface area contributed by atoms with E-state index in [9.17, 15) is 0 Å². The van der Waals surface area contributed by atoms with Crippen LogP contribution in [0.4, 0.5) is 0 Å². The number of hydrogen-bond acceptors (Lipinski definition) is 1. The fourth-order valence-electron chi connectivity index (χ4n) is 4.04. The molecule has 2 heteroatoms. The first-order chi connectivity index (χ1) is 10.9. The summed E-state index contributed by atoms with van der Waals surface area (Å²) < 4.78 is 0. The van der Waals surface area contributed by atoms with Gasteiger partial charge in [0.1, 0.15) is 0 Å². The summed E-state index contributed by atoms with van der Waals surface area (Å²) >= 11 is 0. The van der Waals surface area contributed by atoms with Crippen LogP contribution >= 0.6 is 0 Å². The Hall–Kier alpha value is -1.38. The minimum atomic E-state index is 0.528. The van der Waals surface area contributed by atoms with Crippen LogP contribution in [0.15, 0.2) is 54.6 Å². The molecule has 0 amide bonds. The molecule has 2 aliphatic rings. The van der Waals surface area contributed by atoms with E-state index in [1.165, 1.54) is 50.5 Å². The summed E-state index contributed by atoms with van der Waals surface area (Å²) in [4.78, 5) is 2.67. The fourth-order valence-corrected chi connectivity index (χ4v) is 5.89. The van der Waals surface area contributed by atoms with Crippen LogP contribution in [-0.4, -0.2) is 34.1 Å². The first-order valence-electron chi connectivity index (χ1n) is 8.45. The molecule has 0 aliphatic carbocycles. The molecule has 22 heavy (non-hydrogen) atoms. The molecule has 4 rings (SSSR count). The summed E-state index contributed by atoms with van der Waals surface area (Å²) in [6, 6.07) is 21.4. The SMILES string of the molecule is c1ccc(CCN2CCC3(CC2)[Si]Cc2ccccc23)cc1. The molecule has 1 spiro atoms. The van der Waals surface area contributed by atoms with E-state index in [1.54, 1.807) is 11.1 Å². The average molecular weight is 305 g/mol. The number of nitrogens with zero attached hydrogens (tertiary/aromatic N) is 1. The Kier molecular flexibility index (Phi) is 3.89. The fraction of sp³-hybridized carbons (Fsp3) is 0.400. The van der Waals surface area contributed by atoms with E-state index in [2.05, 4.69) is 59.5 Å². The third-order valence-corrected chi connectivity index (χ3v) is 7.42. The van der Waals surface area contributed by atoms with Crippen molar-refractivity contribution < 1.29 is 0 Å². The van der Waals surface area contributed by atoms with Crippen molar-refractivity contribution in [3.05, 3.63) is 71.3 Å². The normalized spacial score (nSPS) is 20.2. The summed E-state index contributed by atoms with van der Waals surface area (Å²) in [5.74, 6) is 0. The van der Waals surface area contributed by atoms with Crippen molar-refractivity contribution in [3.8, 4) is 0 Å². The van der Waals surface area contributed by atoms with Crippen molar-refractivity contribution in [1.29, 1.82) is 0 Å². The Morgan fingerprint density at radius 3 is 2.45 bits per heavy atom. The van der Waals surface area contributed by atoms with Gasteiger partial charge in [-0.25, -0.2) is 0 Å². The molecule has 2 aliphatic heterocycles. The van der Waals surface area contributed by atoms with Gasteiger partial charge in [-0.3, -0.25) is 0 Å². The highest BCUT2D eigenvalue weighted by Gasteiger charge is 2.41. The Morgan fingerprint density at radius 1 is 0.909 bits per heavy atom. The van der Waals surface area contributed by atoms with Crippen molar-refractivity contribution in [3.63, 3.8) is 0 Å². The van der Waals surface area contributed by atoms with Gasteiger partial charge in [-0.1, -0.05) is 54.6 Å². The predicted octanol–water partition coefficient (Wildman–Crippen LogP) is 3.44. The van der Waals surface area contributed by atoms with Crippen LogP contribution in [0.1, 0.15) is 29.5 Å². The van der Waals surface area contributed by atoms with Gasteiger partial charge < -0.3 is 4.90 Å². The summed E-state index contributed by atoms with van der Waals surface area (Å²) in [6.07, 6.45) is 3.90. The predicted molar refractivity (Wildman–Crippen MR) is 93.4 cm³/mol. The summed E-state index contributed by atoms with van der Waals surface area (Å²) in [6.45, 7) is 3.76. The molecule has 2 aromatic carbocycles. The van der Waals surface area contributed by atoms with Crippen LogP contribution in [0.2, 0.25) is 0 Å². The standard InChI is InChI=1S/C20H23NSi/c1-2-6-17(7-3-1)10-13-21-14-11-20(12-15-21)19-9-5-4-8-18(19)16-22-20/h1-9H,10-16H2. The Balaban J connectivity index is 1.37. The first-order valence-corrected chi connectivity index (χ1v) is 9.66. The number of rotatable bonds is 3. The topological polar surface area (TPSA) is 3.24 Å². The van der Waals surface area contributed by atoms with E-state index >= 15 is 0 Å². The molecule has 0 atom stereocenters. The number of fused-ring (bicyclic) bond motifs is 2. The van der Waals surface area contributed by atoms with Gasteiger partial charge in [0.25, 0.3) is 0 Å². The van der Waals surface area contributed by atoms with E-state index < -0.39 is 0 Å². The third-order valence-electron chi connectivity index (χ3n) is 5.42. The van der Waals surface area contributed by atoms with Crippen LogP contribution in [0.5, 0.6) is 0 Å². The summed E-state index contributed by atoms with van der Waals surface area (Å²) in [7, 11) is 1.10. The average Bonchev–Trinajstić information content (AvgIpc) is 2.94. The lowest BCUT2D eigenvalue weighted by atomic mass is 9.86. The Bertz CT molecular complexity index is 629. The zero-order valence-electron chi connectivity index (χ0n) is 13.1. The zero-order valence-corrected chi connectivity index (χ0v) is 14.1. The second-order valence-corrected chi connectivity index (χ2v) is 8.33. The van der Waals surface area contributed by atoms with Crippen molar-refractivity contribution in [2.75, 3.05) is 19.6 Å². The highest BCUT2D eigenvalue weighted by atomic mass is 28.2. The second kappa shape index (κ2) is 6.02. The van der Waals surface area contributed by atoms with E-state index in [-0.39, 0.29) is 0 Å². The molecule has 0 N–H and O–H groups in total. The van der Waals surface area contributed by atoms with Gasteiger partial charge in [0.2, 0.25) is 0 Å². The van der Waals surface area contributed by atoms with Crippen molar-refractivity contribution >= 4 is 9.52 Å². The van der Waals surface area contributed by atoms with E-state index in [1.807, 2.05) is 0 Å². The lowest BCUT2D eigenvalue weighted by molar-refractivity contribution is 0.199. The molecule has 2 heterocycles. The maximum Gasteiger partial charge on any atom is 0.0566 e. The molecule has 0 unspecified atom stereocenters. The van der Waals surface area contributed by atoms with Crippen molar-refractivity contribution in [1.82, 2.24) is 4.90 Å². The molecule has 2 aromatic rings. The molecule has 2 radical (unpaired) electrons. The molecule has 0 saturated carbocycles. The van der Waals surface area contributed by atoms with Gasteiger partial charge in [-0.15, -0.1) is 0 Å². The van der Waals surface area contributed by atoms with Crippen molar-refractivity contribution in [2.24, 2.45) is 0 Å². The lowest BCUT2D eigenvalue weighted by Crippen LogP contribution is -2.45. The van der Waals surface area contributed by atoms with Gasteiger partial charge in [-0.2, -0.15) is 0 Å².